The highest BCUT2D eigenvalue weighted by atomic mass is 35.5. The first-order valence-corrected chi connectivity index (χ1v) is 7.36. The van der Waals surface area contributed by atoms with Crippen LogP contribution in [0.5, 0.6) is 0 Å². The van der Waals surface area contributed by atoms with Gasteiger partial charge in [-0.15, -0.1) is 0 Å². The summed E-state index contributed by atoms with van der Waals surface area (Å²) < 4.78 is 0. The second-order valence-electron chi connectivity index (χ2n) is 5.62. The molecule has 0 bridgehead atoms. The van der Waals surface area contributed by atoms with E-state index in [1.165, 1.54) is 31.4 Å². The van der Waals surface area contributed by atoms with Crippen LogP contribution in [-0.4, -0.2) is 30.1 Å². The van der Waals surface area contributed by atoms with E-state index in [-0.39, 0.29) is 0 Å². The summed E-state index contributed by atoms with van der Waals surface area (Å²) >= 11 is 6.29. The molecule has 2 nitrogen and oxygen atoms in total. The maximum atomic E-state index is 6.29. The monoisotopic (exact) mass is 264 g/mol. The average molecular weight is 265 g/mol. The fourth-order valence-electron chi connectivity index (χ4n) is 2.87. The Hall–Kier alpha value is -0.570. The predicted octanol–water partition coefficient (Wildman–Crippen LogP) is 3.23. The van der Waals surface area contributed by atoms with Crippen LogP contribution in [0, 0.1) is 0 Å². The third-order valence-corrected chi connectivity index (χ3v) is 4.52. The maximum absolute atomic E-state index is 6.29. The predicted molar refractivity (Wildman–Crippen MR) is 76.0 cm³/mol. The van der Waals surface area contributed by atoms with Crippen molar-refractivity contribution in [1.29, 1.82) is 0 Å². The molecule has 0 spiro atoms. The molecule has 2 aliphatic rings. The second kappa shape index (κ2) is 5.20. The molecule has 2 unspecified atom stereocenters. The van der Waals surface area contributed by atoms with Gasteiger partial charge in [0.1, 0.15) is 0 Å². The number of benzene rings is 1. The minimum Gasteiger partial charge on any atom is -0.310 e. The normalized spacial score (nSPS) is 26.4. The Kier molecular flexibility index (Phi) is 3.60. The lowest BCUT2D eigenvalue weighted by Gasteiger charge is -2.25. The Bertz CT molecular complexity index is 417. The van der Waals surface area contributed by atoms with E-state index in [4.69, 9.17) is 11.6 Å². The zero-order valence-corrected chi connectivity index (χ0v) is 11.7. The van der Waals surface area contributed by atoms with E-state index < -0.39 is 0 Å². The van der Waals surface area contributed by atoms with E-state index in [9.17, 15) is 0 Å². The SMILES string of the molecule is CC(c1ccccc1Cl)N1CCC(NC2CC2)C1. The highest BCUT2D eigenvalue weighted by Gasteiger charge is 2.31. The number of hydrogen-bond acceptors (Lipinski definition) is 2. The van der Waals surface area contributed by atoms with Gasteiger partial charge < -0.3 is 5.32 Å². The molecule has 1 heterocycles. The fraction of sp³-hybridized carbons (Fsp3) is 0.600. The molecule has 1 aliphatic heterocycles. The number of rotatable bonds is 4. The topological polar surface area (TPSA) is 15.3 Å². The molecule has 1 aromatic rings. The zero-order valence-electron chi connectivity index (χ0n) is 10.9. The van der Waals surface area contributed by atoms with Crippen molar-refractivity contribution in [2.45, 2.75) is 44.3 Å². The third kappa shape index (κ3) is 2.71. The van der Waals surface area contributed by atoms with Gasteiger partial charge in [-0.1, -0.05) is 29.8 Å². The Morgan fingerprint density at radius 2 is 2.00 bits per heavy atom. The van der Waals surface area contributed by atoms with Crippen LogP contribution in [0.4, 0.5) is 0 Å². The number of likely N-dealkylation sites (tertiary alicyclic amines) is 1. The molecule has 3 rings (SSSR count). The van der Waals surface area contributed by atoms with E-state index >= 15 is 0 Å². The molecule has 1 N–H and O–H groups in total. The molecule has 0 aromatic heterocycles. The molecule has 98 valence electrons. The Morgan fingerprint density at radius 1 is 1.22 bits per heavy atom. The third-order valence-electron chi connectivity index (χ3n) is 4.17. The van der Waals surface area contributed by atoms with Gasteiger partial charge in [0.2, 0.25) is 0 Å². The van der Waals surface area contributed by atoms with Crippen LogP contribution in [0.2, 0.25) is 5.02 Å². The van der Waals surface area contributed by atoms with Crippen LogP contribution in [-0.2, 0) is 0 Å². The van der Waals surface area contributed by atoms with Gasteiger partial charge >= 0.3 is 0 Å². The summed E-state index contributed by atoms with van der Waals surface area (Å²) in [6.45, 7) is 4.60. The van der Waals surface area contributed by atoms with E-state index in [0.29, 0.717) is 12.1 Å². The summed E-state index contributed by atoms with van der Waals surface area (Å²) in [5.74, 6) is 0. The summed E-state index contributed by atoms with van der Waals surface area (Å²) in [4.78, 5) is 2.54. The van der Waals surface area contributed by atoms with Gasteiger partial charge in [0, 0.05) is 36.2 Å². The van der Waals surface area contributed by atoms with E-state index in [1.807, 2.05) is 12.1 Å². The van der Waals surface area contributed by atoms with Crippen molar-refractivity contribution in [3.63, 3.8) is 0 Å². The fourth-order valence-corrected chi connectivity index (χ4v) is 3.16. The van der Waals surface area contributed by atoms with Crippen molar-refractivity contribution in [3.8, 4) is 0 Å². The zero-order chi connectivity index (χ0) is 12.5. The minimum atomic E-state index is 0.421. The Balaban J connectivity index is 1.63. The van der Waals surface area contributed by atoms with Gasteiger partial charge in [-0.25, -0.2) is 0 Å². The first-order valence-electron chi connectivity index (χ1n) is 6.98. The lowest BCUT2D eigenvalue weighted by Crippen LogP contribution is -2.34. The number of nitrogens with one attached hydrogen (secondary N) is 1. The van der Waals surface area contributed by atoms with Gasteiger partial charge in [0.05, 0.1) is 0 Å². The first-order chi connectivity index (χ1) is 8.74. The quantitative estimate of drug-likeness (QED) is 0.898. The summed E-state index contributed by atoms with van der Waals surface area (Å²) in [7, 11) is 0. The largest absolute Gasteiger partial charge is 0.310 e. The summed E-state index contributed by atoms with van der Waals surface area (Å²) in [5, 5.41) is 4.62. The van der Waals surface area contributed by atoms with Crippen LogP contribution in [0.1, 0.15) is 37.8 Å². The molecule has 2 atom stereocenters. The van der Waals surface area contributed by atoms with Crippen molar-refractivity contribution < 1.29 is 0 Å². The first kappa shape index (κ1) is 12.5. The molecule has 0 amide bonds. The molecule has 2 fully saturated rings. The van der Waals surface area contributed by atoms with Crippen LogP contribution >= 0.6 is 11.6 Å². The molecule has 0 radical (unpaired) electrons. The summed E-state index contributed by atoms with van der Waals surface area (Å²) in [6.07, 6.45) is 4.01. The molecule has 3 heteroatoms. The molecule has 18 heavy (non-hydrogen) atoms. The molecule has 1 aliphatic carbocycles. The molecule has 1 saturated heterocycles. The van der Waals surface area contributed by atoms with E-state index in [0.717, 1.165) is 17.6 Å². The average Bonchev–Trinajstić information content (AvgIpc) is 3.05. The van der Waals surface area contributed by atoms with Crippen LogP contribution in [0.3, 0.4) is 0 Å². The van der Waals surface area contributed by atoms with Crippen molar-refractivity contribution in [3.05, 3.63) is 34.9 Å². The lowest BCUT2D eigenvalue weighted by atomic mass is 10.1. The van der Waals surface area contributed by atoms with Crippen molar-refractivity contribution in [1.82, 2.24) is 10.2 Å². The summed E-state index contributed by atoms with van der Waals surface area (Å²) in [6, 6.07) is 10.1. The van der Waals surface area contributed by atoms with Crippen molar-refractivity contribution in [2.75, 3.05) is 13.1 Å². The highest BCUT2D eigenvalue weighted by Crippen LogP contribution is 2.30. The number of hydrogen-bond donors (Lipinski definition) is 1. The molecular weight excluding hydrogens is 244 g/mol. The Labute approximate surface area is 114 Å². The van der Waals surface area contributed by atoms with Crippen LogP contribution in [0.25, 0.3) is 0 Å². The lowest BCUT2D eigenvalue weighted by molar-refractivity contribution is 0.255. The standard InChI is InChI=1S/C15H21ClN2/c1-11(14-4-2-3-5-15(14)16)18-9-8-13(10-18)17-12-6-7-12/h2-5,11-13,17H,6-10H2,1H3. The minimum absolute atomic E-state index is 0.421. The number of halogens is 1. The van der Waals surface area contributed by atoms with Crippen LogP contribution < -0.4 is 5.32 Å². The van der Waals surface area contributed by atoms with Gasteiger partial charge in [0.15, 0.2) is 0 Å². The van der Waals surface area contributed by atoms with E-state index in [2.05, 4.69) is 29.3 Å². The van der Waals surface area contributed by atoms with Gasteiger partial charge in [-0.2, -0.15) is 0 Å². The van der Waals surface area contributed by atoms with Crippen molar-refractivity contribution >= 4 is 11.6 Å². The molecule has 1 saturated carbocycles. The maximum Gasteiger partial charge on any atom is 0.0453 e. The summed E-state index contributed by atoms with van der Waals surface area (Å²) in [5.41, 5.74) is 1.26. The van der Waals surface area contributed by atoms with Gasteiger partial charge in [-0.3, -0.25) is 4.90 Å². The van der Waals surface area contributed by atoms with Crippen molar-refractivity contribution in [2.24, 2.45) is 0 Å². The molecule has 1 aromatic carbocycles. The smallest absolute Gasteiger partial charge is 0.0453 e. The number of nitrogens with zero attached hydrogens (tertiary/aromatic N) is 1. The molecular formula is C15H21ClN2. The Morgan fingerprint density at radius 3 is 2.72 bits per heavy atom. The van der Waals surface area contributed by atoms with Gasteiger partial charge in [-0.05, 0) is 37.8 Å². The van der Waals surface area contributed by atoms with Crippen LogP contribution in [0.15, 0.2) is 24.3 Å². The second-order valence-corrected chi connectivity index (χ2v) is 6.03. The highest BCUT2D eigenvalue weighted by molar-refractivity contribution is 6.31. The van der Waals surface area contributed by atoms with E-state index in [1.54, 1.807) is 0 Å². The van der Waals surface area contributed by atoms with Gasteiger partial charge in [0.25, 0.3) is 0 Å².